The van der Waals surface area contributed by atoms with Gasteiger partial charge in [0.2, 0.25) is 0 Å². The number of alkyl halides is 2. The van der Waals surface area contributed by atoms with Gasteiger partial charge in [-0.05, 0) is 27.2 Å². The minimum atomic E-state index is -1.76. The van der Waals surface area contributed by atoms with Gasteiger partial charge in [-0.25, -0.2) is 9.38 Å². The Bertz CT molecular complexity index is 729. The van der Waals surface area contributed by atoms with Crippen LogP contribution in [0.2, 0.25) is 0 Å². The number of ether oxygens (including phenoxy) is 1. The maximum Gasteiger partial charge on any atom is 0.306 e. The summed E-state index contributed by atoms with van der Waals surface area (Å²) in [6.45, 7) is 4.37. The van der Waals surface area contributed by atoms with Gasteiger partial charge in [0, 0.05) is 23.5 Å². The van der Waals surface area contributed by atoms with Crippen molar-refractivity contribution in [2.24, 2.45) is 10.9 Å². The van der Waals surface area contributed by atoms with E-state index in [2.05, 4.69) is 4.99 Å². The lowest BCUT2D eigenvalue weighted by Crippen LogP contribution is -2.25. The van der Waals surface area contributed by atoms with E-state index in [9.17, 15) is 13.6 Å². The first-order chi connectivity index (χ1) is 13.3. The Morgan fingerprint density at radius 1 is 1.00 bits per heavy atom. The Hall–Kier alpha value is -2.56. The van der Waals surface area contributed by atoms with Gasteiger partial charge >= 0.3 is 5.97 Å². The molecular formula is C23H27F2NO2. The molecule has 2 rings (SSSR count). The van der Waals surface area contributed by atoms with Crippen LogP contribution < -0.4 is 0 Å². The number of rotatable bonds is 8. The normalized spacial score (nSPS) is 13.5. The molecule has 28 heavy (non-hydrogen) atoms. The first-order valence-corrected chi connectivity index (χ1v) is 9.40. The molecule has 0 aliphatic heterocycles. The minimum Gasteiger partial charge on any atom is -0.460 e. The quantitative estimate of drug-likeness (QED) is 0.339. The van der Waals surface area contributed by atoms with Crippen molar-refractivity contribution in [1.29, 1.82) is 0 Å². The van der Waals surface area contributed by atoms with Crippen molar-refractivity contribution >= 4 is 11.7 Å². The third-order valence-corrected chi connectivity index (χ3v) is 4.07. The summed E-state index contributed by atoms with van der Waals surface area (Å²) in [7, 11) is 0. The van der Waals surface area contributed by atoms with Gasteiger partial charge in [-0.1, -0.05) is 60.7 Å². The second-order valence-corrected chi connectivity index (χ2v) is 7.62. The number of aliphatic imine (C=N–C) groups is 1. The van der Waals surface area contributed by atoms with Crippen LogP contribution in [-0.4, -0.2) is 30.3 Å². The summed E-state index contributed by atoms with van der Waals surface area (Å²) < 4.78 is 33.6. The van der Waals surface area contributed by atoms with E-state index in [1.165, 1.54) is 0 Å². The van der Waals surface area contributed by atoms with E-state index in [-0.39, 0.29) is 12.8 Å². The highest BCUT2D eigenvalue weighted by Gasteiger charge is 2.24. The maximum absolute atomic E-state index is 14.9. The van der Waals surface area contributed by atoms with Crippen LogP contribution in [0.5, 0.6) is 0 Å². The molecule has 3 nitrogen and oxygen atoms in total. The largest absolute Gasteiger partial charge is 0.460 e. The van der Waals surface area contributed by atoms with Crippen LogP contribution in [0.1, 0.15) is 44.7 Å². The summed E-state index contributed by atoms with van der Waals surface area (Å²) in [4.78, 5) is 16.1. The molecule has 2 aromatic carbocycles. The average molecular weight is 387 g/mol. The highest BCUT2D eigenvalue weighted by atomic mass is 19.1. The summed E-state index contributed by atoms with van der Waals surface area (Å²) in [5, 5.41) is 0. The van der Waals surface area contributed by atoms with Crippen LogP contribution >= 0.6 is 0 Å². The first-order valence-electron chi connectivity index (χ1n) is 9.40. The molecule has 0 fully saturated rings. The molecular weight excluding hydrogens is 360 g/mol. The van der Waals surface area contributed by atoms with Crippen molar-refractivity contribution in [1.82, 2.24) is 0 Å². The summed E-state index contributed by atoms with van der Waals surface area (Å²) in [6.07, 6.45) is -1.77. The molecule has 2 unspecified atom stereocenters. The van der Waals surface area contributed by atoms with Crippen LogP contribution in [-0.2, 0) is 9.53 Å². The van der Waals surface area contributed by atoms with Crippen molar-refractivity contribution in [3.63, 3.8) is 0 Å². The standard InChI is InChI=1S/C23H27F2NO2/c1-23(2,3)28-20(27)15-14-19(16-24)22(25)26-21(17-10-6-4-7-11-17)18-12-8-5-9-13-18/h4-13,19,22H,14-16H2,1-3H3. The van der Waals surface area contributed by atoms with Gasteiger partial charge < -0.3 is 4.74 Å². The van der Waals surface area contributed by atoms with Crippen molar-refractivity contribution in [2.45, 2.75) is 45.5 Å². The molecule has 0 spiro atoms. The molecule has 0 heterocycles. The number of carbonyl (C=O) groups is 1. The number of esters is 1. The molecule has 0 radical (unpaired) electrons. The third-order valence-electron chi connectivity index (χ3n) is 4.07. The number of benzene rings is 2. The maximum atomic E-state index is 14.9. The van der Waals surface area contributed by atoms with Crippen LogP contribution in [0.15, 0.2) is 65.7 Å². The van der Waals surface area contributed by atoms with E-state index < -0.39 is 30.5 Å². The summed E-state index contributed by atoms with van der Waals surface area (Å²) in [5.41, 5.74) is 1.34. The molecule has 0 aliphatic carbocycles. The lowest BCUT2D eigenvalue weighted by molar-refractivity contribution is -0.155. The van der Waals surface area contributed by atoms with E-state index >= 15 is 0 Å². The average Bonchev–Trinajstić information content (AvgIpc) is 2.66. The minimum absolute atomic E-state index is 0.0347. The second-order valence-electron chi connectivity index (χ2n) is 7.62. The highest BCUT2D eigenvalue weighted by Crippen LogP contribution is 2.21. The van der Waals surface area contributed by atoms with Gasteiger partial charge in [-0.3, -0.25) is 9.18 Å². The summed E-state index contributed by atoms with van der Waals surface area (Å²) >= 11 is 0. The number of hydrogen-bond donors (Lipinski definition) is 0. The lowest BCUT2D eigenvalue weighted by Gasteiger charge is -2.21. The highest BCUT2D eigenvalue weighted by molar-refractivity contribution is 6.12. The zero-order valence-corrected chi connectivity index (χ0v) is 16.6. The van der Waals surface area contributed by atoms with E-state index in [1.54, 1.807) is 20.8 Å². The van der Waals surface area contributed by atoms with Gasteiger partial charge in [-0.2, -0.15) is 0 Å². The molecule has 2 aromatic rings. The summed E-state index contributed by atoms with van der Waals surface area (Å²) in [5.74, 6) is -1.47. The molecule has 0 saturated heterocycles. The molecule has 0 aliphatic rings. The fourth-order valence-electron chi connectivity index (χ4n) is 2.72. The first kappa shape index (κ1) is 21.7. The van der Waals surface area contributed by atoms with E-state index in [0.717, 1.165) is 11.1 Å². The molecule has 0 saturated carbocycles. The Morgan fingerprint density at radius 2 is 1.50 bits per heavy atom. The molecule has 0 bridgehead atoms. The molecule has 2 atom stereocenters. The number of nitrogens with zero attached hydrogens (tertiary/aromatic N) is 1. The van der Waals surface area contributed by atoms with Crippen LogP contribution in [0.4, 0.5) is 8.78 Å². The third kappa shape index (κ3) is 6.87. The second kappa shape index (κ2) is 10.1. The van der Waals surface area contributed by atoms with Crippen LogP contribution in [0.25, 0.3) is 0 Å². The van der Waals surface area contributed by atoms with Gasteiger partial charge in [0.15, 0.2) is 6.30 Å². The zero-order chi connectivity index (χ0) is 20.6. The van der Waals surface area contributed by atoms with Gasteiger partial charge in [-0.15, -0.1) is 0 Å². The lowest BCUT2D eigenvalue weighted by atomic mass is 10.0. The Labute approximate surface area is 165 Å². The summed E-state index contributed by atoms with van der Waals surface area (Å²) in [6, 6.07) is 18.5. The molecule has 0 N–H and O–H groups in total. The van der Waals surface area contributed by atoms with E-state index in [1.807, 2.05) is 60.7 Å². The molecule has 5 heteroatoms. The van der Waals surface area contributed by atoms with Gasteiger partial charge in [0.25, 0.3) is 0 Å². The van der Waals surface area contributed by atoms with Gasteiger partial charge in [0.05, 0.1) is 12.4 Å². The topological polar surface area (TPSA) is 38.7 Å². The SMILES string of the molecule is CC(C)(C)OC(=O)CCC(CF)C(F)N=C(c1ccccc1)c1ccccc1. The van der Waals surface area contributed by atoms with E-state index in [4.69, 9.17) is 4.74 Å². The number of halogens is 2. The van der Waals surface area contributed by atoms with E-state index in [0.29, 0.717) is 5.71 Å². The van der Waals surface area contributed by atoms with Crippen LogP contribution in [0.3, 0.4) is 0 Å². The van der Waals surface area contributed by atoms with Crippen LogP contribution in [0, 0.1) is 5.92 Å². The number of hydrogen-bond acceptors (Lipinski definition) is 3. The molecule has 0 amide bonds. The predicted octanol–water partition coefficient (Wildman–Crippen LogP) is 5.53. The Balaban J connectivity index is 2.18. The fraction of sp³-hybridized carbons (Fsp3) is 0.391. The Morgan fingerprint density at radius 3 is 1.93 bits per heavy atom. The van der Waals surface area contributed by atoms with Crippen molar-refractivity contribution in [3.8, 4) is 0 Å². The van der Waals surface area contributed by atoms with Crippen molar-refractivity contribution < 1.29 is 18.3 Å². The fourth-order valence-corrected chi connectivity index (χ4v) is 2.72. The zero-order valence-electron chi connectivity index (χ0n) is 16.6. The van der Waals surface area contributed by atoms with Crippen molar-refractivity contribution in [2.75, 3.05) is 6.67 Å². The molecule has 150 valence electrons. The monoisotopic (exact) mass is 387 g/mol. The van der Waals surface area contributed by atoms with Gasteiger partial charge in [0.1, 0.15) is 5.60 Å². The van der Waals surface area contributed by atoms with Crippen molar-refractivity contribution in [3.05, 3.63) is 71.8 Å². The Kier molecular flexibility index (Phi) is 7.85. The molecule has 0 aromatic heterocycles. The number of carbonyl (C=O) groups excluding carboxylic acids is 1. The predicted molar refractivity (Wildman–Crippen MR) is 108 cm³/mol. The smallest absolute Gasteiger partial charge is 0.306 e.